The Morgan fingerprint density at radius 1 is 1.10 bits per heavy atom. The van der Waals surface area contributed by atoms with Gasteiger partial charge in [0.15, 0.2) is 0 Å². The number of nitrogens with zero attached hydrogens (tertiary/aromatic N) is 1. The normalized spacial score (nSPS) is 12.2. The molecular weight excluding hydrogens is 400 g/mol. The van der Waals surface area contributed by atoms with E-state index in [4.69, 9.17) is 11.6 Å². The molecule has 1 N–H and O–H groups in total. The molecule has 0 spiro atoms. The minimum Gasteiger partial charge on any atom is -0.352 e. The SMILES string of the molecule is CC(CCc1ccccc1)NC(=O)Cn1c(-c2cccs2)cc2cc(Cl)ccc21. The average Bonchev–Trinajstić information content (AvgIpc) is 3.35. The van der Waals surface area contributed by atoms with Gasteiger partial charge < -0.3 is 9.88 Å². The maximum absolute atomic E-state index is 12.8. The Labute approximate surface area is 179 Å². The van der Waals surface area contributed by atoms with Crippen molar-refractivity contribution in [3.63, 3.8) is 0 Å². The van der Waals surface area contributed by atoms with Gasteiger partial charge in [-0.3, -0.25) is 4.79 Å². The summed E-state index contributed by atoms with van der Waals surface area (Å²) in [7, 11) is 0. The molecule has 5 heteroatoms. The van der Waals surface area contributed by atoms with Gasteiger partial charge in [0.1, 0.15) is 6.54 Å². The second-order valence-electron chi connectivity index (χ2n) is 7.29. The largest absolute Gasteiger partial charge is 0.352 e. The van der Waals surface area contributed by atoms with Crippen LogP contribution in [-0.2, 0) is 17.8 Å². The van der Waals surface area contributed by atoms with Crippen molar-refractivity contribution in [3.05, 3.63) is 82.7 Å². The van der Waals surface area contributed by atoms with Crippen LogP contribution in [0.4, 0.5) is 0 Å². The Morgan fingerprint density at radius 2 is 1.93 bits per heavy atom. The fourth-order valence-electron chi connectivity index (χ4n) is 3.60. The summed E-state index contributed by atoms with van der Waals surface area (Å²) in [6.07, 6.45) is 1.86. The summed E-state index contributed by atoms with van der Waals surface area (Å²) in [6, 6.07) is 22.5. The van der Waals surface area contributed by atoms with Crippen LogP contribution in [0.3, 0.4) is 0 Å². The Hall–Kier alpha value is -2.56. The number of hydrogen-bond donors (Lipinski definition) is 1. The Kier molecular flexibility index (Phi) is 6.02. The fourth-order valence-corrected chi connectivity index (χ4v) is 4.54. The van der Waals surface area contributed by atoms with Crippen LogP contribution in [0.1, 0.15) is 18.9 Å². The van der Waals surface area contributed by atoms with Gasteiger partial charge in [0.05, 0.1) is 10.6 Å². The first-order valence-corrected chi connectivity index (χ1v) is 11.0. The quantitative estimate of drug-likeness (QED) is 0.380. The number of aromatic nitrogens is 1. The zero-order valence-electron chi connectivity index (χ0n) is 16.3. The first-order chi connectivity index (χ1) is 14.1. The molecule has 2 aromatic carbocycles. The fraction of sp³-hybridized carbons (Fsp3) is 0.208. The zero-order chi connectivity index (χ0) is 20.2. The molecule has 0 saturated heterocycles. The van der Waals surface area contributed by atoms with Crippen LogP contribution in [0.25, 0.3) is 21.5 Å². The van der Waals surface area contributed by atoms with Gasteiger partial charge >= 0.3 is 0 Å². The number of hydrogen-bond acceptors (Lipinski definition) is 2. The molecule has 0 aliphatic rings. The third-order valence-corrected chi connectivity index (χ3v) is 6.18. The number of thiophene rings is 1. The highest BCUT2D eigenvalue weighted by Crippen LogP contribution is 2.32. The topological polar surface area (TPSA) is 34.0 Å². The van der Waals surface area contributed by atoms with Crippen molar-refractivity contribution in [1.82, 2.24) is 9.88 Å². The van der Waals surface area contributed by atoms with Gasteiger partial charge in [-0.15, -0.1) is 11.3 Å². The molecule has 0 bridgehead atoms. The lowest BCUT2D eigenvalue weighted by molar-refractivity contribution is -0.122. The van der Waals surface area contributed by atoms with Crippen molar-refractivity contribution in [2.75, 3.05) is 0 Å². The van der Waals surface area contributed by atoms with E-state index in [2.05, 4.69) is 46.5 Å². The third-order valence-electron chi connectivity index (χ3n) is 5.05. The number of benzene rings is 2. The molecule has 4 rings (SSSR count). The van der Waals surface area contributed by atoms with E-state index in [9.17, 15) is 4.79 Å². The monoisotopic (exact) mass is 422 g/mol. The van der Waals surface area contributed by atoms with Crippen LogP contribution in [0.15, 0.2) is 72.1 Å². The van der Waals surface area contributed by atoms with E-state index in [0.717, 1.165) is 34.3 Å². The lowest BCUT2D eigenvalue weighted by Crippen LogP contribution is -2.35. The van der Waals surface area contributed by atoms with E-state index in [1.807, 2.05) is 42.5 Å². The van der Waals surface area contributed by atoms with Crippen LogP contribution in [-0.4, -0.2) is 16.5 Å². The molecule has 0 radical (unpaired) electrons. The van der Waals surface area contributed by atoms with Gasteiger partial charge in [0.2, 0.25) is 5.91 Å². The standard InChI is InChI=1S/C24H23ClN2OS/c1-17(9-10-18-6-3-2-4-7-18)26-24(28)16-27-21-12-11-20(25)14-19(21)15-22(27)23-8-5-13-29-23/h2-8,11-15,17H,9-10,16H2,1H3,(H,26,28). The number of carbonyl (C=O) groups is 1. The van der Waals surface area contributed by atoms with Crippen molar-refractivity contribution < 1.29 is 4.79 Å². The molecule has 148 valence electrons. The smallest absolute Gasteiger partial charge is 0.240 e. The third kappa shape index (κ3) is 4.72. The highest BCUT2D eigenvalue weighted by atomic mass is 35.5. The van der Waals surface area contributed by atoms with E-state index in [1.54, 1.807) is 11.3 Å². The van der Waals surface area contributed by atoms with Gasteiger partial charge in [-0.05, 0) is 61.0 Å². The lowest BCUT2D eigenvalue weighted by atomic mass is 10.1. The van der Waals surface area contributed by atoms with Crippen LogP contribution in [0, 0.1) is 0 Å². The van der Waals surface area contributed by atoms with E-state index in [-0.39, 0.29) is 18.5 Å². The summed E-state index contributed by atoms with van der Waals surface area (Å²) in [4.78, 5) is 14.0. The molecule has 0 aliphatic heterocycles. The molecule has 0 fully saturated rings. The molecule has 2 aromatic heterocycles. The molecule has 1 atom stereocenters. The molecular formula is C24H23ClN2OS. The van der Waals surface area contributed by atoms with Crippen molar-refractivity contribution in [1.29, 1.82) is 0 Å². The maximum Gasteiger partial charge on any atom is 0.240 e. The second-order valence-corrected chi connectivity index (χ2v) is 8.67. The number of rotatable bonds is 7. The summed E-state index contributed by atoms with van der Waals surface area (Å²) in [6.45, 7) is 2.35. The molecule has 2 heterocycles. The minimum absolute atomic E-state index is 0.0239. The molecule has 1 amide bonds. The van der Waals surface area contributed by atoms with Crippen LogP contribution < -0.4 is 5.32 Å². The molecule has 0 saturated carbocycles. The summed E-state index contributed by atoms with van der Waals surface area (Å²) in [5.41, 5.74) is 3.36. The van der Waals surface area contributed by atoms with E-state index in [1.165, 1.54) is 5.56 Å². The van der Waals surface area contributed by atoms with E-state index < -0.39 is 0 Å². The number of fused-ring (bicyclic) bond motifs is 1. The summed E-state index contributed by atoms with van der Waals surface area (Å²) in [5.74, 6) is 0.0239. The van der Waals surface area contributed by atoms with Gasteiger partial charge in [-0.25, -0.2) is 0 Å². The van der Waals surface area contributed by atoms with Crippen LogP contribution in [0.5, 0.6) is 0 Å². The number of carbonyl (C=O) groups excluding carboxylic acids is 1. The number of nitrogens with one attached hydrogen (secondary N) is 1. The molecule has 3 nitrogen and oxygen atoms in total. The highest BCUT2D eigenvalue weighted by molar-refractivity contribution is 7.13. The van der Waals surface area contributed by atoms with Crippen molar-refractivity contribution in [2.45, 2.75) is 32.4 Å². The second kappa shape index (κ2) is 8.85. The van der Waals surface area contributed by atoms with Crippen LogP contribution >= 0.6 is 22.9 Å². The molecule has 0 aliphatic carbocycles. The Morgan fingerprint density at radius 3 is 2.69 bits per heavy atom. The number of amides is 1. The van der Waals surface area contributed by atoms with Gasteiger partial charge in [0.25, 0.3) is 0 Å². The highest BCUT2D eigenvalue weighted by Gasteiger charge is 2.16. The summed E-state index contributed by atoms with van der Waals surface area (Å²) < 4.78 is 2.08. The summed E-state index contributed by atoms with van der Waals surface area (Å²) in [5, 5.41) is 6.95. The first kappa shape index (κ1) is 19.7. The molecule has 29 heavy (non-hydrogen) atoms. The van der Waals surface area contributed by atoms with Crippen molar-refractivity contribution in [2.24, 2.45) is 0 Å². The van der Waals surface area contributed by atoms with Gasteiger partial charge in [-0.1, -0.05) is 48.0 Å². The van der Waals surface area contributed by atoms with E-state index in [0.29, 0.717) is 5.02 Å². The maximum atomic E-state index is 12.8. The summed E-state index contributed by atoms with van der Waals surface area (Å²) >= 11 is 7.85. The van der Waals surface area contributed by atoms with E-state index >= 15 is 0 Å². The number of aryl methyl sites for hydroxylation is 1. The molecule has 4 aromatic rings. The predicted molar refractivity (Wildman–Crippen MR) is 123 cm³/mol. The number of halogens is 1. The zero-order valence-corrected chi connectivity index (χ0v) is 17.8. The van der Waals surface area contributed by atoms with Gasteiger partial charge in [0, 0.05) is 22.0 Å². The van der Waals surface area contributed by atoms with Crippen molar-refractivity contribution in [3.8, 4) is 10.6 Å². The lowest BCUT2D eigenvalue weighted by Gasteiger charge is -2.16. The molecule has 1 unspecified atom stereocenters. The van der Waals surface area contributed by atoms with Crippen LogP contribution in [0.2, 0.25) is 5.02 Å². The average molecular weight is 423 g/mol. The first-order valence-electron chi connectivity index (χ1n) is 9.76. The van der Waals surface area contributed by atoms with Crippen molar-refractivity contribution >= 4 is 39.7 Å². The Bertz CT molecular complexity index is 1100. The Balaban J connectivity index is 1.49. The predicted octanol–water partition coefficient (Wildman–Crippen LogP) is 6.16. The van der Waals surface area contributed by atoms with Gasteiger partial charge in [-0.2, -0.15) is 0 Å². The minimum atomic E-state index is 0.0239.